The van der Waals surface area contributed by atoms with Gasteiger partial charge in [0.2, 0.25) is 0 Å². The highest BCUT2D eigenvalue weighted by Gasteiger charge is 2.07. The van der Waals surface area contributed by atoms with Gasteiger partial charge in [0, 0.05) is 0 Å². The fourth-order valence-electron chi connectivity index (χ4n) is 2.76. The van der Waals surface area contributed by atoms with Crippen LogP contribution in [0.2, 0.25) is 0 Å². The summed E-state index contributed by atoms with van der Waals surface area (Å²) in [6.45, 7) is 19.5. The molecule has 24 heavy (non-hydrogen) atoms. The molecule has 0 atom stereocenters. The van der Waals surface area contributed by atoms with Crippen molar-refractivity contribution in [1.82, 2.24) is 0 Å². The summed E-state index contributed by atoms with van der Waals surface area (Å²) >= 11 is 0. The molecule has 0 heteroatoms. The average Bonchev–Trinajstić information content (AvgIpc) is 2.55. The third-order valence-electron chi connectivity index (χ3n) is 4.13. The van der Waals surface area contributed by atoms with Gasteiger partial charge in [-0.25, -0.2) is 0 Å². The van der Waals surface area contributed by atoms with E-state index in [2.05, 4.69) is 84.9 Å². The fourth-order valence-corrected chi connectivity index (χ4v) is 2.76. The maximum atomic E-state index is 2.34. The van der Waals surface area contributed by atoms with E-state index in [0.29, 0.717) is 0 Å². The molecule has 0 unspecified atom stereocenters. The van der Waals surface area contributed by atoms with Crippen molar-refractivity contribution >= 4 is 0 Å². The van der Waals surface area contributed by atoms with E-state index in [4.69, 9.17) is 0 Å². The summed E-state index contributed by atoms with van der Waals surface area (Å²) in [7, 11) is 0. The highest BCUT2D eigenvalue weighted by atomic mass is 14.1. The molecule has 0 aromatic heterocycles. The molecule has 0 spiro atoms. The van der Waals surface area contributed by atoms with Gasteiger partial charge in [0.25, 0.3) is 0 Å². The van der Waals surface area contributed by atoms with Crippen LogP contribution in [0.25, 0.3) is 0 Å². The predicted molar refractivity (Wildman–Crippen MR) is 111 cm³/mol. The first kappa shape index (κ1) is 22.4. The second-order valence-corrected chi connectivity index (χ2v) is 6.76. The summed E-state index contributed by atoms with van der Waals surface area (Å²) in [5.74, 6) is 0.752. The van der Waals surface area contributed by atoms with Crippen LogP contribution >= 0.6 is 0 Å². The van der Waals surface area contributed by atoms with Gasteiger partial charge >= 0.3 is 0 Å². The van der Waals surface area contributed by atoms with Gasteiger partial charge in [-0.15, -0.1) is 0 Å². The molecule has 0 aliphatic rings. The Kier molecular flexibility index (Phi) is 11.1. The predicted octanol–water partition coefficient (Wildman–Crippen LogP) is 7.39. The molecule has 0 radical (unpaired) electrons. The third kappa shape index (κ3) is 7.81. The van der Waals surface area contributed by atoms with Gasteiger partial charge in [0.1, 0.15) is 0 Å². The van der Waals surface area contributed by atoms with Gasteiger partial charge in [0.05, 0.1) is 0 Å². The lowest BCUT2D eigenvalue weighted by molar-refractivity contribution is 0.640. The van der Waals surface area contributed by atoms with E-state index in [9.17, 15) is 0 Å². The van der Waals surface area contributed by atoms with Crippen molar-refractivity contribution in [2.45, 2.75) is 75.2 Å². The zero-order valence-electron chi connectivity index (χ0n) is 17.5. The molecular formula is C24H38. The summed E-state index contributed by atoms with van der Waals surface area (Å²) < 4.78 is 0. The number of aryl methyl sites for hydroxylation is 5. The summed E-state index contributed by atoms with van der Waals surface area (Å²) in [6, 6.07) is 13.0. The molecule has 0 saturated carbocycles. The molecule has 0 aliphatic carbocycles. The molecule has 0 amide bonds. The van der Waals surface area contributed by atoms with Crippen molar-refractivity contribution in [2.75, 3.05) is 0 Å². The molecular weight excluding hydrogens is 288 g/mol. The quantitative estimate of drug-likeness (QED) is 0.551. The molecule has 2 rings (SSSR count). The van der Waals surface area contributed by atoms with E-state index in [0.717, 1.165) is 12.3 Å². The lowest BCUT2D eigenvalue weighted by Gasteiger charge is -2.14. The van der Waals surface area contributed by atoms with Crippen LogP contribution in [0, 0.1) is 33.6 Å². The Labute approximate surface area is 151 Å². The van der Waals surface area contributed by atoms with E-state index in [1.807, 2.05) is 13.8 Å². The van der Waals surface area contributed by atoms with Crippen LogP contribution in [0.15, 0.2) is 36.4 Å². The average molecular weight is 327 g/mol. The van der Waals surface area contributed by atoms with E-state index >= 15 is 0 Å². The van der Waals surface area contributed by atoms with Crippen LogP contribution < -0.4 is 0 Å². The first-order valence-electron chi connectivity index (χ1n) is 9.46. The molecule has 134 valence electrons. The second-order valence-electron chi connectivity index (χ2n) is 6.76. The van der Waals surface area contributed by atoms with Crippen molar-refractivity contribution < 1.29 is 0 Å². The molecule has 0 aliphatic heterocycles. The zero-order chi connectivity index (χ0) is 18.7. The van der Waals surface area contributed by atoms with Crippen LogP contribution in [0.4, 0.5) is 0 Å². The van der Waals surface area contributed by atoms with Gasteiger partial charge < -0.3 is 0 Å². The lowest BCUT2D eigenvalue weighted by Crippen LogP contribution is -2.02. The fraction of sp³-hybridized carbons (Fsp3) is 0.500. The van der Waals surface area contributed by atoms with Crippen molar-refractivity contribution in [3.8, 4) is 0 Å². The Bertz CT molecular complexity index is 570. The summed E-state index contributed by atoms with van der Waals surface area (Å²) in [4.78, 5) is 0. The normalized spacial score (nSPS) is 9.75. The maximum Gasteiger partial charge on any atom is -0.0250 e. The molecule has 0 nitrogen and oxygen atoms in total. The SMILES string of the molecule is CC.CCc1cc(C)cc(C)c1CC(C)C.Cc1ccccc1C. The lowest BCUT2D eigenvalue weighted by atomic mass is 9.91. The first-order valence-corrected chi connectivity index (χ1v) is 9.46. The van der Waals surface area contributed by atoms with Crippen LogP contribution in [0.3, 0.4) is 0 Å². The van der Waals surface area contributed by atoms with Crippen molar-refractivity contribution in [3.05, 3.63) is 69.8 Å². The number of rotatable bonds is 3. The minimum absolute atomic E-state index is 0.752. The topological polar surface area (TPSA) is 0 Å². The smallest absolute Gasteiger partial charge is 0.0250 e. The summed E-state index contributed by atoms with van der Waals surface area (Å²) in [5, 5.41) is 0. The molecule has 0 saturated heterocycles. The minimum atomic E-state index is 0.752. The second kappa shape index (κ2) is 11.9. The number of hydrogen-bond donors (Lipinski definition) is 0. The minimum Gasteiger partial charge on any atom is -0.0683 e. The molecule has 0 bridgehead atoms. The van der Waals surface area contributed by atoms with E-state index in [1.165, 1.54) is 34.2 Å². The highest BCUT2D eigenvalue weighted by Crippen LogP contribution is 2.20. The third-order valence-corrected chi connectivity index (χ3v) is 4.13. The van der Waals surface area contributed by atoms with Crippen molar-refractivity contribution in [3.63, 3.8) is 0 Å². The van der Waals surface area contributed by atoms with E-state index < -0.39 is 0 Å². The first-order chi connectivity index (χ1) is 11.3. The Morgan fingerprint density at radius 3 is 1.67 bits per heavy atom. The molecule has 0 N–H and O–H groups in total. The Morgan fingerprint density at radius 2 is 1.29 bits per heavy atom. The van der Waals surface area contributed by atoms with Crippen LogP contribution in [-0.2, 0) is 12.8 Å². The number of benzene rings is 2. The Hall–Kier alpha value is -1.56. The van der Waals surface area contributed by atoms with Crippen molar-refractivity contribution in [1.29, 1.82) is 0 Å². The zero-order valence-corrected chi connectivity index (χ0v) is 17.5. The number of hydrogen-bond acceptors (Lipinski definition) is 0. The van der Waals surface area contributed by atoms with Gasteiger partial charge in [0.15, 0.2) is 0 Å². The highest BCUT2D eigenvalue weighted by molar-refractivity contribution is 5.38. The Balaban J connectivity index is 0.000000447. The monoisotopic (exact) mass is 326 g/mol. The molecule has 0 fully saturated rings. The van der Waals surface area contributed by atoms with Crippen LogP contribution in [0.1, 0.15) is 68.0 Å². The van der Waals surface area contributed by atoms with E-state index in [1.54, 1.807) is 5.56 Å². The van der Waals surface area contributed by atoms with E-state index in [-0.39, 0.29) is 0 Å². The van der Waals surface area contributed by atoms with Gasteiger partial charge in [-0.05, 0) is 74.3 Å². The Morgan fingerprint density at radius 1 is 0.792 bits per heavy atom. The molecule has 0 heterocycles. The van der Waals surface area contributed by atoms with Crippen LogP contribution in [-0.4, -0.2) is 0 Å². The largest absolute Gasteiger partial charge is 0.0683 e. The van der Waals surface area contributed by atoms with Gasteiger partial charge in [-0.3, -0.25) is 0 Å². The summed E-state index contributed by atoms with van der Waals surface area (Å²) in [5.41, 5.74) is 8.71. The summed E-state index contributed by atoms with van der Waals surface area (Å²) in [6.07, 6.45) is 2.37. The molecule has 2 aromatic rings. The van der Waals surface area contributed by atoms with Gasteiger partial charge in [-0.1, -0.05) is 76.6 Å². The van der Waals surface area contributed by atoms with Gasteiger partial charge in [-0.2, -0.15) is 0 Å². The maximum absolute atomic E-state index is 2.34. The standard InChI is InChI=1S/C14H22.C8H10.C2H6/c1-6-13-9-11(4)8-12(5)14(13)7-10(2)3;1-7-5-3-4-6-8(7)2;1-2/h8-10H,6-7H2,1-5H3;3-6H,1-2H3;1-2H3. The molecule has 2 aromatic carbocycles. The van der Waals surface area contributed by atoms with Crippen LogP contribution in [0.5, 0.6) is 0 Å². The van der Waals surface area contributed by atoms with Crippen molar-refractivity contribution in [2.24, 2.45) is 5.92 Å².